The van der Waals surface area contributed by atoms with Gasteiger partial charge in [0.25, 0.3) is 0 Å². The smallest absolute Gasteiger partial charge is 0.0121 e. The van der Waals surface area contributed by atoms with Gasteiger partial charge in [0.1, 0.15) is 0 Å². The third-order valence-corrected chi connectivity index (χ3v) is 4.54. The number of nitrogens with one attached hydrogen (secondary N) is 1. The van der Waals surface area contributed by atoms with Crippen LogP contribution in [0.1, 0.15) is 39.5 Å². The van der Waals surface area contributed by atoms with Gasteiger partial charge in [0.2, 0.25) is 0 Å². The number of rotatable bonds is 3. The quantitative estimate of drug-likeness (QED) is 0.741. The zero-order chi connectivity index (χ0) is 10.2. The molecular formula is C12H24N2. The van der Waals surface area contributed by atoms with Gasteiger partial charge in [-0.05, 0) is 58.2 Å². The van der Waals surface area contributed by atoms with Crippen LogP contribution < -0.4 is 5.32 Å². The van der Waals surface area contributed by atoms with E-state index < -0.39 is 0 Å². The fraction of sp³-hybridized carbons (Fsp3) is 1.00. The van der Waals surface area contributed by atoms with Crippen molar-refractivity contribution in [1.82, 2.24) is 10.2 Å². The summed E-state index contributed by atoms with van der Waals surface area (Å²) in [5, 5.41) is 3.44. The fourth-order valence-electron chi connectivity index (χ4n) is 2.64. The Morgan fingerprint density at radius 3 is 2.36 bits per heavy atom. The number of hydrogen-bond donors (Lipinski definition) is 1. The molecule has 2 rings (SSSR count). The minimum atomic E-state index is 0.639. The molecule has 1 aliphatic carbocycles. The number of nitrogens with zero attached hydrogens (tertiary/aromatic N) is 1. The van der Waals surface area contributed by atoms with E-state index in [2.05, 4.69) is 31.1 Å². The maximum atomic E-state index is 3.44. The van der Waals surface area contributed by atoms with E-state index in [1.54, 1.807) is 0 Å². The van der Waals surface area contributed by atoms with Crippen LogP contribution in [0.25, 0.3) is 0 Å². The van der Waals surface area contributed by atoms with Crippen molar-refractivity contribution in [1.29, 1.82) is 0 Å². The van der Waals surface area contributed by atoms with Crippen LogP contribution in [-0.4, -0.2) is 37.1 Å². The first-order valence-electron chi connectivity index (χ1n) is 6.06. The molecule has 1 saturated heterocycles. The molecule has 1 unspecified atom stereocenters. The lowest BCUT2D eigenvalue weighted by Crippen LogP contribution is -2.47. The largest absolute Gasteiger partial charge is 0.317 e. The molecule has 1 atom stereocenters. The van der Waals surface area contributed by atoms with E-state index in [9.17, 15) is 0 Å². The van der Waals surface area contributed by atoms with E-state index in [-0.39, 0.29) is 0 Å². The molecule has 0 aromatic carbocycles. The van der Waals surface area contributed by atoms with E-state index in [0.717, 1.165) is 12.1 Å². The summed E-state index contributed by atoms with van der Waals surface area (Å²) in [6.45, 7) is 7.27. The van der Waals surface area contributed by atoms with Crippen molar-refractivity contribution in [3.63, 3.8) is 0 Å². The maximum absolute atomic E-state index is 3.44. The van der Waals surface area contributed by atoms with Gasteiger partial charge in [0.15, 0.2) is 0 Å². The Kier molecular flexibility index (Phi) is 2.85. The minimum Gasteiger partial charge on any atom is -0.317 e. The van der Waals surface area contributed by atoms with Crippen molar-refractivity contribution in [2.75, 3.05) is 20.1 Å². The first-order valence-corrected chi connectivity index (χ1v) is 6.06. The lowest BCUT2D eigenvalue weighted by atomic mass is 9.95. The Balaban J connectivity index is 1.89. The Morgan fingerprint density at radius 2 is 1.86 bits per heavy atom. The fourth-order valence-corrected chi connectivity index (χ4v) is 2.64. The normalized spacial score (nSPS) is 29.1. The van der Waals surface area contributed by atoms with Gasteiger partial charge in [-0.1, -0.05) is 6.92 Å². The summed E-state index contributed by atoms with van der Waals surface area (Å²) in [5.74, 6) is 0. The Labute approximate surface area is 88.1 Å². The molecule has 1 N–H and O–H groups in total. The molecule has 2 fully saturated rings. The van der Waals surface area contributed by atoms with Gasteiger partial charge < -0.3 is 10.2 Å². The van der Waals surface area contributed by atoms with Crippen LogP contribution in [0.2, 0.25) is 0 Å². The number of piperidine rings is 1. The van der Waals surface area contributed by atoms with Crippen LogP contribution in [0.4, 0.5) is 0 Å². The van der Waals surface area contributed by atoms with Gasteiger partial charge in [-0.3, -0.25) is 0 Å². The summed E-state index contributed by atoms with van der Waals surface area (Å²) in [5.41, 5.74) is 0.639. The van der Waals surface area contributed by atoms with Crippen molar-refractivity contribution < 1.29 is 0 Å². The predicted molar refractivity (Wildman–Crippen MR) is 60.5 cm³/mol. The lowest BCUT2D eigenvalue weighted by Gasteiger charge is -2.38. The molecule has 0 radical (unpaired) electrons. The van der Waals surface area contributed by atoms with Crippen molar-refractivity contribution in [3.8, 4) is 0 Å². The highest BCUT2D eigenvalue weighted by molar-refractivity contribution is 4.98. The van der Waals surface area contributed by atoms with E-state index in [1.807, 2.05) is 0 Å². The lowest BCUT2D eigenvalue weighted by molar-refractivity contribution is 0.109. The molecule has 1 aliphatic heterocycles. The van der Waals surface area contributed by atoms with Gasteiger partial charge in [0.05, 0.1) is 0 Å². The van der Waals surface area contributed by atoms with E-state index in [1.165, 1.54) is 38.8 Å². The standard InChI is InChI=1S/C12H24N2/c1-10(12(2)6-7-12)14(3)11-4-8-13-9-5-11/h10-11,13H,4-9H2,1-3H3. The predicted octanol–water partition coefficient (Wildman–Crippen LogP) is 1.86. The van der Waals surface area contributed by atoms with Crippen LogP contribution in [0.3, 0.4) is 0 Å². The summed E-state index contributed by atoms with van der Waals surface area (Å²) in [4.78, 5) is 2.63. The highest BCUT2D eigenvalue weighted by Gasteiger charge is 2.45. The zero-order valence-electron chi connectivity index (χ0n) is 9.84. The Bertz CT molecular complexity index is 192. The maximum Gasteiger partial charge on any atom is 0.0121 e. The highest BCUT2D eigenvalue weighted by Crippen LogP contribution is 2.50. The van der Waals surface area contributed by atoms with Crippen LogP contribution in [0.5, 0.6) is 0 Å². The van der Waals surface area contributed by atoms with Gasteiger partial charge in [-0.2, -0.15) is 0 Å². The molecule has 2 aliphatic rings. The average Bonchev–Trinajstić information content (AvgIpc) is 2.97. The van der Waals surface area contributed by atoms with Gasteiger partial charge >= 0.3 is 0 Å². The second kappa shape index (κ2) is 3.82. The molecule has 2 heteroatoms. The third kappa shape index (κ3) is 1.96. The summed E-state index contributed by atoms with van der Waals surface area (Å²) in [7, 11) is 2.32. The van der Waals surface area contributed by atoms with Gasteiger partial charge in [0, 0.05) is 12.1 Å². The van der Waals surface area contributed by atoms with Crippen molar-refractivity contribution in [2.24, 2.45) is 5.41 Å². The Hall–Kier alpha value is -0.0800. The van der Waals surface area contributed by atoms with Crippen LogP contribution >= 0.6 is 0 Å². The number of hydrogen-bond acceptors (Lipinski definition) is 2. The molecule has 0 bridgehead atoms. The second-order valence-corrected chi connectivity index (χ2v) is 5.48. The second-order valence-electron chi connectivity index (χ2n) is 5.48. The van der Waals surface area contributed by atoms with Crippen molar-refractivity contribution >= 4 is 0 Å². The molecule has 1 saturated carbocycles. The molecule has 0 aromatic heterocycles. The SMILES string of the molecule is CC(N(C)C1CCNCC1)C1(C)CC1. The summed E-state index contributed by atoms with van der Waals surface area (Å²) in [6.07, 6.45) is 5.53. The molecular weight excluding hydrogens is 172 g/mol. The summed E-state index contributed by atoms with van der Waals surface area (Å²) >= 11 is 0. The summed E-state index contributed by atoms with van der Waals surface area (Å²) in [6, 6.07) is 1.59. The molecule has 2 nitrogen and oxygen atoms in total. The van der Waals surface area contributed by atoms with E-state index >= 15 is 0 Å². The van der Waals surface area contributed by atoms with Crippen molar-refractivity contribution in [2.45, 2.75) is 51.6 Å². The monoisotopic (exact) mass is 196 g/mol. The first kappa shape index (κ1) is 10.4. The zero-order valence-corrected chi connectivity index (χ0v) is 9.84. The average molecular weight is 196 g/mol. The molecule has 0 aromatic rings. The molecule has 0 amide bonds. The molecule has 0 spiro atoms. The van der Waals surface area contributed by atoms with E-state index in [0.29, 0.717) is 5.41 Å². The topological polar surface area (TPSA) is 15.3 Å². The van der Waals surface area contributed by atoms with Crippen LogP contribution in [-0.2, 0) is 0 Å². The van der Waals surface area contributed by atoms with Crippen LogP contribution in [0.15, 0.2) is 0 Å². The van der Waals surface area contributed by atoms with Crippen LogP contribution in [0, 0.1) is 5.41 Å². The molecule has 82 valence electrons. The van der Waals surface area contributed by atoms with Gasteiger partial charge in [-0.15, -0.1) is 0 Å². The summed E-state index contributed by atoms with van der Waals surface area (Å²) < 4.78 is 0. The minimum absolute atomic E-state index is 0.639. The Morgan fingerprint density at radius 1 is 1.29 bits per heavy atom. The third-order valence-electron chi connectivity index (χ3n) is 4.54. The molecule has 1 heterocycles. The van der Waals surface area contributed by atoms with Gasteiger partial charge in [-0.25, -0.2) is 0 Å². The highest BCUT2D eigenvalue weighted by atomic mass is 15.2. The first-order chi connectivity index (χ1) is 6.63. The van der Waals surface area contributed by atoms with Crippen molar-refractivity contribution in [3.05, 3.63) is 0 Å². The van der Waals surface area contributed by atoms with E-state index in [4.69, 9.17) is 0 Å². The molecule has 14 heavy (non-hydrogen) atoms.